The monoisotopic (exact) mass is 238 g/mol. The fraction of sp³-hybridized carbons (Fsp3) is 0.615. The Morgan fingerprint density at radius 3 is 2.88 bits per heavy atom. The molecule has 0 spiro atoms. The summed E-state index contributed by atoms with van der Waals surface area (Å²) >= 11 is 0. The van der Waals surface area contributed by atoms with Crippen molar-refractivity contribution >= 4 is 5.82 Å². The Morgan fingerprint density at radius 2 is 2.29 bits per heavy atom. The molecule has 3 nitrogen and oxygen atoms in total. The molecule has 4 heteroatoms. The van der Waals surface area contributed by atoms with Gasteiger partial charge in [-0.05, 0) is 31.2 Å². The van der Waals surface area contributed by atoms with Gasteiger partial charge in [-0.2, -0.15) is 0 Å². The first-order valence-corrected chi connectivity index (χ1v) is 6.24. The number of aromatic nitrogens is 1. The number of rotatable bonds is 6. The van der Waals surface area contributed by atoms with Crippen LogP contribution >= 0.6 is 0 Å². The van der Waals surface area contributed by atoms with Crippen LogP contribution in [0.2, 0.25) is 0 Å². The summed E-state index contributed by atoms with van der Waals surface area (Å²) < 4.78 is 13.1. The van der Waals surface area contributed by atoms with Gasteiger partial charge in [-0.15, -0.1) is 0 Å². The van der Waals surface area contributed by atoms with E-state index >= 15 is 0 Å². The maximum Gasteiger partial charge on any atom is 0.142 e. The Bertz CT molecular complexity index is 380. The highest BCUT2D eigenvalue weighted by Crippen LogP contribution is 2.32. The maximum atomic E-state index is 13.1. The molecular formula is C13H19FN2O. The van der Waals surface area contributed by atoms with Gasteiger partial charge >= 0.3 is 0 Å². The molecule has 1 N–H and O–H groups in total. The minimum absolute atomic E-state index is 0.162. The molecule has 0 atom stereocenters. The fourth-order valence-electron chi connectivity index (χ4n) is 2.04. The Morgan fingerprint density at radius 1 is 1.53 bits per heavy atom. The molecule has 0 aliphatic heterocycles. The first-order chi connectivity index (χ1) is 8.24. The Labute approximate surface area is 101 Å². The Hall–Kier alpha value is -1.16. The van der Waals surface area contributed by atoms with Gasteiger partial charge in [0.25, 0.3) is 0 Å². The molecule has 0 saturated heterocycles. The van der Waals surface area contributed by atoms with Gasteiger partial charge in [0.2, 0.25) is 0 Å². The van der Waals surface area contributed by atoms with E-state index in [4.69, 9.17) is 0 Å². The first kappa shape index (κ1) is 12.3. The summed E-state index contributed by atoms with van der Waals surface area (Å²) in [4.78, 5) is 6.31. The average Bonchev–Trinajstić information content (AvgIpc) is 3.12. The summed E-state index contributed by atoms with van der Waals surface area (Å²) in [6.07, 6.45) is 4.80. The normalized spacial score (nSPS) is 15.0. The van der Waals surface area contributed by atoms with E-state index in [9.17, 15) is 9.50 Å². The summed E-state index contributed by atoms with van der Waals surface area (Å²) in [7, 11) is 0. The topological polar surface area (TPSA) is 36.4 Å². The molecule has 1 aliphatic carbocycles. The van der Waals surface area contributed by atoms with Crippen LogP contribution in [-0.2, 0) is 6.61 Å². The van der Waals surface area contributed by atoms with E-state index in [2.05, 4.69) is 16.8 Å². The van der Waals surface area contributed by atoms with Gasteiger partial charge in [-0.3, -0.25) is 0 Å². The number of aliphatic hydroxyl groups excluding tert-OH is 1. The van der Waals surface area contributed by atoms with Crippen molar-refractivity contribution in [2.45, 2.75) is 32.8 Å². The van der Waals surface area contributed by atoms with Crippen LogP contribution in [0.3, 0.4) is 0 Å². The van der Waals surface area contributed by atoms with E-state index in [1.165, 1.54) is 25.1 Å². The van der Waals surface area contributed by atoms with Crippen LogP contribution in [-0.4, -0.2) is 23.2 Å². The molecule has 0 amide bonds. The number of hydrogen-bond acceptors (Lipinski definition) is 3. The van der Waals surface area contributed by atoms with Crippen LogP contribution in [0.1, 0.15) is 31.7 Å². The summed E-state index contributed by atoms with van der Waals surface area (Å²) in [5.41, 5.74) is 0.583. The van der Waals surface area contributed by atoms with Crippen LogP contribution in [0.5, 0.6) is 0 Å². The van der Waals surface area contributed by atoms with Crippen LogP contribution in [0, 0.1) is 11.7 Å². The maximum absolute atomic E-state index is 13.1. The molecule has 0 aromatic carbocycles. The lowest BCUT2D eigenvalue weighted by molar-refractivity contribution is 0.281. The quantitative estimate of drug-likeness (QED) is 0.826. The van der Waals surface area contributed by atoms with Gasteiger partial charge in [0.05, 0.1) is 12.8 Å². The van der Waals surface area contributed by atoms with Gasteiger partial charge in [0.1, 0.15) is 11.6 Å². The number of aliphatic hydroxyl groups is 1. The van der Waals surface area contributed by atoms with Gasteiger partial charge in [0, 0.05) is 18.7 Å². The largest absolute Gasteiger partial charge is 0.392 e. The lowest BCUT2D eigenvalue weighted by Crippen LogP contribution is -2.28. The van der Waals surface area contributed by atoms with Crippen molar-refractivity contribution < 1.29 is 9.50 Å². The summed E-state index contributed by atoms with van der Waals surface area (Å²) in [6, 6.07) is 1.37. The lowest BCUT2D eigenvalue weighted by atomic mass is 10.2. The molecule has 94 valence electrons. The third kappa shape index (κ3) is 3.16. The molecule has 1 aromatic heterocycles. The standard InChI is InChI=1S/C13H19FN2O/c1-2-5-16(8-10-3-4-10)13-11(9-17)6-12(14)7-15-13/h6-7,10,17H,2-5,8-9H2,1H3. The van der Waals surface area contributed by atoms with Crippen molar-refractivity contribution in [1.82, 2.24) is 4.98 Å². The molecular weight excluding hydrogens is 219 g/mol. The van der Waals surface area contributed by atoms with Crippen molar-refractivity contribution in [2.75, 3.05) is 18.0 Å². The highest BCUT2D eigenvalue weighted by molar-refractivity contribution is 5.46. The van der Waals surface area contributed by atoms with Crippen LogP contribution in [0.15, 0.2) is 12.3 Å². The zero-order valence-electron chi connectivity index (χ0n) is 10.2. The van der Waals surface area contributed by atoms with Crippen molar-refractivity contribution in [2.24, 2.45) is 5.92 Å². The third-order valence-electron chi connectivity index (χ3n) is 3.05. The number of anilines is 1. The van der Waals surface area contributed by atoms with Gasteiger partial charge < -0.3 is 10.0 Å². The first-order valence-electron chi connectivity index (χ1n) is 6.24. The molecule has 17 heavy (non-hydrogen) atoms. The number of halogens is 1. The van der Waals surface area contributed by atoms with E-state index < -0.39 is 0 Å². The second kappa shape index (κ2) is 5.45. The third-order valence-corrected chi connectivity index (χ3v) is 3.05. The average molecular weight is 238 g/mol. The summed E-state index contributed by atoms with van der Waals surface area (Å²) in [5.74, 6) is 1.10. The smallest absolute Gasteiger partial charge is 0.142 e. The van der Waals surface area contributed by atoms with Crippen LogP contribution < -0.4 is 4.90 Å². The molecule has 0 bridgehead atoms. The molecule has 1 heterocycles. The van der Waals surface area contributed by atoms with E-state index in [-0.39, 0.29) is 12.4 Å². The van der Waals surface area contributed by atoms with Gasteiger partial charge in [-0.1, -0.05) is 6.92 Å². The minimum atomic E-state index is -0.388. The number of nitrogens with zero attached hydrogens (tertiary/aromatic N) is 2. The second-order valence-electron chi connectivity index (χ2n) is 4.68. The number of pyridine rings is 1. The van der Waals surface area contributed by atoms with Gasteiger partial charge in [0.15, 0.2) is 0 Å². The minimum Gasteiger partial charge on any atom is -0.392 e. The zero-order valence-corrected chi connectivity index (χ0v) is 10.2. The van der Waals surface area contributed by atoms with E-state index in [0.29, 0.717) is 5.56 Å². The molecule has 1 aliphatic rings. The van der Waals surface area contributed by atoms with Crippen molar-refractivity contribution in [1.29, 1.82) is 0 Å². The molecule has 1 saturated carbocycles. The lowest BCUT2D eigenvalue weighted by Gasteiger charge is -2.25. The molecule has 0 unspecified atom stereocenters. The van der Waals surface area contributed by atoms with Crippen molar-refractivity contribution in [3.8, 4) is 0 Å². The predicted molar refractivity (Wildman–Crippen MR) is 65.3 cm³/mol. The molecule has 2 rings (SSSR count). The van der Waals surface area contributed by atoms with Gasteiger partial charge in [-0.25, -0.2) is 9.37 Å². The Kier molecular flexibility index (Phi) is 3.94. The highest BCUT2D eigenvalue weighted by atomic mass is 19.1. The molecule has 1 aromatic rings. The zero-order chi connectivity index (χ0) is 12.3. The van der Waals surface area contributed by atoms with Crippen molar-refractivity contribution in [3.63, 3.8) is 0 Å². The SMILES string of the molecule is CCCN(CC1CC1)c1ncc(F)cc1CO. The summed E-state index contributed by atoms with van der Waals surface area (Å²) in [6.45, 7) is 3.83. The van der Waals surface area contributed by atoms with Crippen LogP contribution in [0.4, 0.5) is 10.2 Å². The number of hydrogen-bond donors (Lipinski definition) is 1. The molecule has 1 fully saturated rings. The Balaban J connectivity index is 2.20. The highest BCUT2D eigenvalue weighted by Gasteiger charge is 2.25. The molecule has 0 radical (unpaired) electrons. The van der Waals surface area contributed by atoms with E-state index in [1.54, 1.807) is 0 Å². The van der Waals surface area contributed by atoms with E-state index in [0.717, 1.165) is 31.2 Å². The second-order valence-corrected chi connectivity index (χ2v) is 4.68. The van der Waals surface area contributed by atoms with E-state index in [1.807, 2.05) is 0 Å². The predicted octanol–water partition coefficient (Wildman–Crippen LogP) is 2.34. The fourth-order valence-corrected chi connectivity index (χ4v) is 2.04. The summed E-state index contributed by atoms with van der Waals surface area (Å²) in [5, 5.41) is 9.28. The van der Waals surface area contributed by atoms with Crippen LogP contribution in [0.25, 0.3) is 0 Å². The van der Waals surface area contributed by atoms with Crippen molar-refractivity contribution in [3.05, 3.63) is 23.6 Å².